The van der Waals surface area contributed by atoms with Gasteiger partial charge in [-0.3, -0.25) is 0 Å². The number of rotatable bonds is 15. The van der Waals surface area contributed by atoms with Crippen molar-refractivity contribution in [2.45, 2.75) is 85.5 Å². The lowest BCUT2D eigenvalue weighted by Gasteiger charge is -2.31. The first kappa shape index (κ1) is 23.5. The predicted octanol–water partition coefficient (Wildman–Crippen LogP) is 8.93. The molecule has 2 aromatic rings. The number of unbranched alkanes of at least 4 members (excludes halogenated alkanes) is 2. The molecule has 2 heterocycles. The van der Waals surface area contributed by atoms with E-state index in [1.54, 1.807) is 0 Å². The van der Waals surface area contributed by atoms with Crippen LogP contribution in [0.5, 0.6) is 0 Å². The zero-order chi connectivity index (χ0) is 20.4. The highest BCUT2D eigenvalue weighted by molar-refractivity contribution is 7.29. The molecule has 0 radical (unpaired) electrons. The van der Waals surface area contributed by atoms with Crippen LogP contribution in [0.25, 0.3) is 9.40 Å². The van der Waals surface area contributed by atoms with E-state index in [1.807, 2.05) is 28.7 Å². The monoisotopic (exact) mass is 419 g/mol. The molecule has 2 unspecified atom stereocenters. The minimum Gasteiger partial charge on any atom is -0.363 e. The normalized spacial score (nSPS) is 13.7. The molecule has 0 bridgehead atoms. The fraction of sp³-hybridized carbons (Fsp3) is 0.680. The van der Waals surface area contributed by atoms with Crippen LogP contribution in [0, 0.1) is 11.8 Å². The lowest BCUT2D eigenvalue weighted by Crippen LogP contribution is -2.33. The average Bonchev–Trinajstić information content (AvgIpc) is 3.29. The zero-order valence-corrected chi connectivity index (χ0v) is 20.3. The molecule has 3 heteroatoms. The molecule has 28 heavy (non-hydrogen) atoms. The van der Waals surface area contributed by atoms with E-state index >= 15 is 0 Å². The van der Waals surface area contributed by atoms with E-state index in [0.717, 1.165) is 18.3 Å². The zero-order valence-electron chi connectivity index (χ0n) is 18.6. The SMILES string of the molecule is C=CCc1csc2cc(N(CC(CC)CCCC)CC(CC)CCCC)sc12. The maximum atomic E-state index is 3.94. The van der Waals surface area contributed by atoms with Crippen molar-refractivity contribution in [3.8, 4) is 0 Å². The summed E-state index contributed by atoms with van der Waals surface area (Å²) < 4.78 is 2.96. The Morgan fingerprint density at radius 2 is 1.61 bits per heavy atom. The van der Waals surface area contributed by atoms with Crippen molar-refractivity contribution in [3.63, 3.8) is 0 Å². The van der Waals surface area contributed by atoms with E-state index in [2.05, 4.69) is 50.6 Å². The van der Waals surface area contributed by atoms with Crippen LogP contribution in [0.15, 0.2) is 24.1 Å². The Kier molecular flexibility index (Phi) is 10.6. The second-order valence-electron chi connectivity index (χ2n) is 8.27. The van der Waals surface area contributed by atoms with Crippen LogP contribution < -0.4 is 4.90 Å². The van der Waals surface area contributed by atoms with Gasteiger partial charge >= 0.3 is 0 Å². The van der Waals surface area contributed by atoms with Crippen LogP contribution in [0.4, 0.5) is 5.00 Å². The van der Waals surface area contributed by atoms with Gasteiger partial charge in [-0.05, 0) is 48.1 Å². The quantitative estimate of drug-likeness (QED) is 0.260. The first-order valence-electron chi connectivity index (χ1n) is 11.5. The van der Waals surface area contributed by atoms with Crippen LogP contribution in [0.2, 0.25) is 0 Å². The molecule has 0 fully saturated rings. The van der Waals surface area contributed by atoms with Crippen LogP contribution >= 0.6 is 22.7 Å². The fourth-order valence-electron chi connectivity index (χ4n) is 4.03. The molecule has 0 spiro atoms. The molecule has 0 saturated carbocycles. The lowest BCUT2D eigenvalue weighted by molar-refractivity contribution is 0.404. The van der Waals surface area contributed by atoms with Gasteiger partial charge in [0.1, 0.15) is 0 Å². The molecule has 0 amide bonds. The van der Waals surface area contributed by atoms with Gasteiger partial charge < -0.3 is 4.90 Å². The summed E-state index contributed by atoms with van der Waals surface area (Å²) in [4.78, 5) is 2.75. The number of hydrogen-bond acceptors (Lipinski definition) is 3. The Labute approximate surface area is 181 Å². The number of anilines is 1. The molecule has 0 aliphatic carbocycles. The molecule has 2 rings (SSSR count). The summed E-state index contributed by atoms with van der Waals surface area (Å²) in [5.41, 5.74) is 1.46. The van der Waals surface area contributed by atoms with Crippen molar-refractivity contribution in [1.29, 1.82) is 0 Å². The van der Waals surface area contributed by atoms with E-state index < -0.39 is 0 Å². The largest absolute Gasteiger partial charge is 0.363 e. The molecule has 0 aliphatic heterocycles. The van der Waals surface area contributed by atoms with Gasteiger partial charge in [0.05, 0.1) is 9.70 Å². The van der Waals surface area contributed by atoms with Gasteiger partial charge in [0.15, 0.2) is 0 Å². The van der Waals surface area contributed by atoms with Crippen LogP contribution in [0.3, 0.4) is 0 Å². The topological polar surface area (TPSA) is 3.24 Å². The molecule has 2 aromatic heterocycles. The second kappa shape index (κ2) is 12.7. The van der Waals surface area contributed by atoms with Crippen LogP contribution in [-0.4, -0.2) is 13.1 Å². The average molecular weight is 420 g/mol. The third kappa shape index (κ3) is 6.62. The van der Waals surface area contributed by atoms with Gasteiger partial charge in [-0.15, -0.1) is 29.3 Å². The third-order valence-corrected chi connectivity index (χ3v) is 8.40. The standard InChI is InChI=1S/C25H41NS2/c1-6-11-14-20(9-4)17-26(18-21(10-5)15-12-7-2)24-16-23-25(28-24)22(13-8-3)19-27-23/h8,16,19-21H,3,6-7,9-15,17-18H2,1-2,4-5H3. The van der Waals surface area contributed by atoms with E-state index in [9.17, 15) is 0 Å². The summed E-state index contributed by atoms with van der Waals surface area (Å²) in [5, 5.41) is 3.82. The van der Waals surface area contributed by atoms with Crippen molar-refractivity contribution in [2.75, 3.05) is 18.0 Å². The van der Waals surface area contributed by atoms with Gasteiger partial charge in [-0.1, -0.05) is 72.3 Å². The van der Waals surface area contributed by atoms with Gasteiger partial charge in [0.2, 0.25) is 0 Å². The van der Waals surface area contributed by atoms with Crippen molar-refractivity contribution in [2.24, 2.45) is 11.8 Å². The molecule has 0 aromatic carbocycles. The van der Waals surface area contributed by atoms with E-state index in [0.29, 0.717) is 0 Å². The van der Waals surface area contributed by atoms with Crippen molar-refractivity contribution in [3.05, 3.63) is 29.7 Å². The predicted molar refractivity (Wildman–Crippen MR) is 132 cm³/mol. The number of allylic oxidation sites excluding steroid dienone is 1. The van der Waals surface area contributed by atoms with Gasteiger partial charge in [-0.25, -0.2) is 0 Å². The van der Waals surface area contributed by atoms with Gasteiger partial charge in [0.25, 0.3) is 0 Å². The van der Waals surface area contributed by atoms with Crippen molar-refractivity contribution >= 4 is 37.1 Å². The number of nitrogens with zero attached hydrogens (tertiary/aromatic N) is 1. The second-order valence-corrected chi connectivity index (χ2v) is 10.2. The first-order valence-corrected chi connectivity index (χ1v) is 13.2. The Hall–Kier alpha value is -0.800. The highest BCUT2D eigenvalue weighted by Crippen LogP contribution is 2.40. The number of fused-ring (bicyclic) bond motifs is 1. The molecular formula is C25H41NS2. The summed E-state index contributed by atoms with van der Waals surface area (Å²) in [6.07, 6.45) is 13.7. The maximum Gasteiger partial charge on any atom is 0.0929 e. The Morgan fingerprint density at radius 1 is 1.00 bits per heavy atom. The highest BCUT2D eigenvalue weighted by atomic mass is 32.1. The van der Waals surface area contributed by atoms with Gasteiger partial charge in [-0.2, -0.15) is 0 Å². The fourth-order valence-corrected chi connectivity index (χ4v) is 6.44. The molecule has 0 N–H and O–H groups in total. The lowest BCUT2D eigenvalue weighted by atomic mass is 9.96. The van der Waals surface area contributed by atoms with E-state index in [4.69, 9.17) is 0 Å². The minimum atomic E-state index is 0.816. The molecule has 158 valence electrons. The Bertz CT molecular complexity index is 666. The third-order valence-electron chi connectivity index (χ3n) is 6.02. The summed E-state index contributed by atoms with van der Waals surface area (Å²) in [6, 6.07) is 2.47. The molecule has 2 atom stereocenters. The van der Waals surface area contributed by atoms with E-state index in [1.165, 1.54) is 84.4 Å². The number of thiophene rings is 2. The summed E-state index contributed by atoms with van der Waals surface area (Å²) >= 11 is 3.92. The molecule has 0 aliphatic rings. The van der Waals surface area contributed by atoms with Gasteiger partial charge in [0, 0.05) is 17.8 Å². The van der Waals surface area contributed by atoms with Crippen LogP contribution in [0.1, 0.15) is 84.6 Å². The van der Waals surface area contributed by atoms with Crippen LogP contribution in [-0.2, 0) is 6.42 Å². The maximum absolute atomic E-state index is 3.94. The highest BCUT2D eigenvalue weighted by Gasteiger charge is 2.20. The van der Waals surface area contributed by atoms with E-state index in [-0.39, 0.29) is 0 Å². The summed E-state index contributed by atoms with van der Waals surface area (Å²) in [5.74, 6) is 1.63. The molecule has 0 saturated heterocycles. The Balaban J connectivity index is 2.23. The van der Waals surface area contributed by atoms with Crippen molar-refractivity contribution < 1.29 is 0 Å². The first-order chi connectivity index (χ1) is 13.7. The smallest absolute Gasteiger partial charge is 0.0929 e. The Morgan fingerprint density at radius 3 is 2.11 bits per heavy atom. The minimum absolute atomic E-state index is 0.816. The summed E-state index contributed by atoms with van der Waals surface area (Å²) in [7, 11) is 0. The van der Waals surface area contributed by atoms with Crippen molar-refractivity contribution in [1.82, 2.24) is 0 Å². The number of hydrogen-bond donors (Lipinski definition) is 0. The molecule has 1 nitrogen and oxygen atoms in total. The molecular weight excluding hydrogens is 378 g/mol. The summed E-state index contributed by atoms with van der Waals surface area (Å²) in [6.45, 7) is 15.8.